The molecule has 0 radical (unpaired) electrons. The molecule has 1 aromatic heterocycles. The topological polar surface area (TPSA) is 347 Å². The van der Waals surface area contributed by atoms with Gasteiger partial charge in [0.05, 0.1) is 6.42 Å². The minimum atomic E-state index is -1.55. The lowest BCUT2D eigenvalue weighted by molar-refractivity contribution is -0.145. The van der Waals surface area contributed by atoms with Crippen molar-refractivity contribution in [1.29, 1.82) is 0 Å². The minimum Gasteiger partial charge on any atom is -0.370 e. The summed E-state index contributed by atoms with van der Waals surface area (Å²) < 4.78 is 0. The highest BCUT2D eigenvalue weighted by Crippen LogP contribution is 2.26. The molecule has 7 rings (SSSR count). The number of nitrogens with zero attached hydrogens (tertiary/aromatic N) is 2. The van der Waals surface area contributed by atoms with E-state index in [0.29, 0.717) is 41.5 Å². The Morgan fingerprint density at radius 1 is 0.750 bits per heavy atom. The van der Waals surface area contributed by atoms with Gasteiger partial charge in [0.25, 0.3) is 0 Å². The van der Waals surface area contributed by atoms with E-state index in [1.165, 1.54) is 11.8 Å². The van der Waals surface area contributed by atoms with Crippen LogP contribution in [0.15, 0.2) is 102 Å². The zero-order valence-electron chi connectivity index (χ0n) is 45.2. The maximum atomic E-state index is 15.5. The third-order valence-electron chi connectivity index (χ3n) is 14.5. The lowest BCUT2D eigenvalue weighted by Crippen LogP contribution is -2.61. The number of carbonyl (C=O) groups excluding carboxylic acids is 9. The smallest absolute Gasteiger partial charge is 0.246 e. The number of hydrogen-bond donors (Lipinski definition) is 11. The molecule has 0 spiro atoms. The van der Waals surface area contributed by atoms with Crippen molar-refractivity contribution < 1.29 is 43.2 Å². The van der Waals surface area contributed by atoms with Crippen molar-refractivity contribution in [3.05, 3.63) is 119 Å². The summed E-state index contributed by atoms with van der Waals surface area (Å²) in [6.45, 7) is 3.20. The molecule has 2 aliphatic heterocycles. The number of guanidine groups is 1. The number of unbranched alkanes of at least 4 members (excludes halogenated alkanes) is 1. The fraction of sp³-hybridized carbons (Fsp3) is 0.414. The van der Waals surface area contributed by atoms with E-state index in [0.717, 1.165) is 21.7 Å². The predicted molar refractivity (Wildman–Crippen MR) is 302 cm³/mol. The van der Waals surface area contributed by atoms with Crippen LogP contribution < -0.4 is 54.4 Å². The van der Waals surface area contributed by atoms with E-state index in [2.05, 4.69) is 47.2 Å². The second-order valence-corrected chi connectivity index (χ2v) is 20.5. The summed E-state index contributed by atoms with van der Waals surface area (Å²) in [6.07, 6.45) is 3.23. The number of amides is 9. The number of fused-ring (bicyclic) bond motifs is 5. The summed E-state index contributed by atoms with van der Waals surface area (Å²) in [5, 5.41) is 22.0. The Morgan fingerprint density at radius 3 is 2.21 bits per heavy atom. The Hall–Kier alpha value is -8.82. The molecule has 5 aromatic rings. The zero-order valence-corrected chi connectivity index (χ0v) is 45.2. The number of aliphatic imine (C=N–C) groups is 1. The van der Waals surface area contributed by atoms with Crippen LogP contribution in [-0.2, 0) is 69.0 Å². The van der Waals surface area contributed by atoms with E-state index in [4.69, 9.17) is 17.2 Å². The summed E-state index contributed by atoms with van der Waals surface area (Å²) in [6, 6.07) is 18.7. The molecule has 22 heteroatoms. The van der Waals surface area contributed by atoms with Crippen molar-refractivity contribution >= 4 is 80.8 Å². The number of rotatable bonds is 15. The number of nitrogens with two attached hydrogens (primary N) is 3. The first-order valence-electron chi connectivity index (χ1n) is 27.3. The van der Waals surface area contributed by atoms with Crippen molar-refractivity contribution in [2.24, 2.45) is 22.2 Å². The van der Waals surface area contributed by atoms with Gasteiger partial charge in [0.15, 0.2) is 5.96 Å². The maximum absolute atomic E-state index is 15.5. The number of nitrogens with one attached hydrogen (secondary N) is 8. The second kappa shape index (κ2) is 28.2. The molecule has 3 heterocycles. The van der Waals surface area contributed by atoms with Crippen LogP contribution in [0.25, 0.3) is 21.7 Å². The first kappa shape index (κ1) is 58.9. The first-order chi connectivity index (χ1) is 38.5. The van der Waals surface area contributed by atoms with E-state index in [1.54, 1.807) is 18.3 Å². The van der Waals surface area contributed by atoms with Gasteiger partial charge in [0.1, 0.15) is 42.3 Å². The molecule has 1 saturated heterocycles. The normalized spacial score (nSPS) is 21.3. The molecule has 424 valence electrons. The predicted octanol–water partition coefficient (Wildman–Crippen LogP) is 1.41. The Balaban J connectivity index is 1.32. The molecule has 22 nitrogen and oxygen atoms in total. The molecule has 80 heavy (non-hydrogen) atoms. The zero-order chi connectivity index (χ0) is 57.3. The number of para-hydroxylation sites is 1. The molecule has 0 saturated carbocycles. The largest absolute Gasteiger partial charge is 0.370 e. The van der Waals surface area contributed by atoms with Gasteiger partial charge in [0.2, 0.25) is 53.2 Å². The number of carbonyl (C=O) groups is 9. The van der Waals surface area contributed by atoms with E-state index >= 15 is 9.59 Å². The van der Waals surface area contributed by atoms with Crippen LogP contribution in [0.4, 0.5) is 0 Å². The van der Waals surface area contributed by atoms with E-state index in [9.17, 15) is 33.6 Å². The van der Waals surface area contributed by atoms with Gasteiger partial charge in [-0.2, -0.15) is 0 Å². The lowest BCUT2D eigenvalue weighted by Gasteiger charge is -2.34. The average Bonchev–Trinajstić information content (AvgIpc) is 3.83. The molecular formula is C58H73N13O9. The summed E-state index contributed by atoms with van der Waals surface area (Å²) in [7, 11) is 0. The maximum Gasteiger partial charge on any atom is 0.246 e. The fourth-order valence-electron chi connectivity index (χ4n) is 10.2. The fourth-order valence-corrected chi connectivity index (χ4v) is 10.2. The molecule has 2 aliphatic rings. The highest BCUT2D eigenvalue weighted by atomic mass is 16.2. The molecule has 0 aliphatic carbocycles. The van der Waals surface area contributed by atoms with Gasteiger partial charge >= 0.3 is 0 Å². The van der Waals surface area contributed by atoms with Gasteiger partial charge in [-0.15, -0.1) is 0 Å². The van der Waals surface area contributed by atoms with Crippen LogP contribution >= 0.6 is 0 Å². The quantitative estimate of drug-likeness (QED) is 0.0405. The van der Waals surface area contributed by atoms with Gasteiger partial charge in [-0.3, -0.25) is 48.1 Å². The first-order valence-corrected chi connectivity index (χ1v) is 27.3. The van der Waals surface area contributed by atoms with Crippen LogP contribution in [0, 0.1) is 0 Å². The van der Waals surface area contributed by atoms with Gasteiger partial charge in [-0.25, -0.2) is 0 Å². The van der Waals surface area contributed by atoms with E-state index in [1.807, 2.05) is 85.8 Å². The third-order valence-corrected chi connectivity index (χ3v) is 14.5. The number of primary amides is 1. The minimum absolute atomic E-state index is 0.0402. The standard InChI is InChI=1S/C58H73N13O9/c1-3-4-19-44(65-34(2)72)52(75)69-47-31-50(73)62-25-12-11-21-43(51(59)74)66-54(77)46(30-40-32-64-42-20-10-9-18-41(40)42)68-53(76)45(22-13-26-63-58(60)61)67-56(79)49(28-35-23-24-36-14-5-6-15-37(36)27-35)71-33-39-17-8-7-16-38(39)29-48(57(71)80)70-55(47)78/h5-10,14-18,20,23-24,27,32,43-49,64H,3-4,11-13,19,21-22,25-26,28-31,33H2,1-2H3,(H2,59,74)(H,62,73)(H,65,72)(H,66,77)(H,67,79)(H,68,76)(H,69,75)(H,70,78)(H4,60,61,63)/t43-,44-,45-,46-,47-,48-,49+/m0/s1. The highest BCUT2D eigenvalue weighted by molar-refractivity contribution is 5.99. The van der Waals surface area contributed by atoms with Crippen molar-refractivity contribution in [1.82, 2.24) is 47.1 Å². The van der Waals surface area contributed by atoms with Crippen LogP contribution in [-0.4, -0.2) is 124 Å². The molecule has 2 bridgehead atoms. The summed E-state index contributed by atoms with van der Waals surface area (Å²) >= 11 is 0. The summed E-state index contributed by atoms with van der Waals surface area (Å²) in [4.78, 5) is 137. The van der Waals surface area contributed by atoms with Gasteiger partial charge in [-0.1, -0.05) is 105 Å². The van der Waals surface area contributed by atoms with Gasteiger partial charge < -0.3 is 64.3 Å². The Morgan fingerprint density at radius 2 is 1.46 bits per heavy atom. The average molecular weight is 1100 g/mol. The number of benzene rings is 4. The molecular weight excluding hydrogens is 1020 g/mol. The lowest BCUT2D eigenvalue weighted by atomic mass is 9.98. The summed E-state index contributed by atoms with van der Waals surface area (Å²) in [5.41, 5.74) is 20.6. The molecule has 4 aromatic carbocycles. The SMILES string of the molecule is CCCC[C@H](NC(C)=O)C(=O)N[C@H]1CC(=O)NCCCC[C@@H](C(N)=O)NC(=O)[C@H](Cc2c[nH]c3ccccc23)NC(=O)[C@H](CCCN=C(N)N)NC(=O)[C@@H](Cc2ccc3ccccc3c2)N2Cc3ccccc3C[C@H](NC1=O)C2=O. The Bertz CT molecular complexity index is 3100. The van der Waals surface area contributed by atoms with Crippen molar-refractivity contribution in [2.75, 3.05) is 13.1 Å². The van der Waals surface area contributed by atoms with Gasteiger partial charge in [-0.05, 0) is 77.6 Å². The van der Waals surface area contributed by atoms with E-state index in [-0.39, 0.29) is 77.0 Å². The van der Waals surface area contributed by atoms with E-state index < -0.39 is 102 Å². The number of H-pyrrole nitrogens is 1. The van der Waals surface area contributed by atoms with Crippen molar-refractivity contribution in [2.45, 2.75) is 140 Å². The molecule has 9 amide bonds. The summed E-state index contributed by atoms with van der Waals surface area (Å²) in [5.74, 6) is -6.67. The van der Waals surface area contributed by atoms with Crippen LogP contribution in [0.1, 0.15) is 93.9 Å². The third kappa shape index (κ3) is 16.1. The molecule has 14 N–H and O–H groups in total. The number of aromatic nitrogens is 1. The van der Waals surface area contributed by atoms with Crippen molar-refractivity contribution in [3.8, 4) is 0 Å². The van der Waals surface area contributed by atoms with Crippen LogP contribution in [0.5, 0.6) is 0 Å². The highest BCUT2D eigenvalue weighted by Gasteiger charge is 2.41. The Labute approximate surface area is 463 Å². The number of aromatic amines is 1. The van der Waals surface area contributed by atoms with Crippen molar-refractivity contribution in [3.63, 3.8) is 0 Å². The Kier molecular flexibility index (Phi) is 20.7. The monoisotopic (exact) mass is 1100 g/mol. The van der Waals surface area contributed by atoms with Crippen LogP contribution in [0.2, 0.25) is 0 Å². The molecule has 7 atom stereocenters. The van der Waals surface area contributed by atoms with Gasteiger partial charge in [0, 0.05) is 62.9 Å². The number of hydrogen-bond acceptors (Lipinski definition) is 10. The second-order valence-electron chi connectivity index (χ2n) is 20.5. The van der Waals surface area contributed by atoms with Crippen LogP contribution in [0.3, 0.4) is 0 Å². The molecule has 0 unspecified atom stereocenters. The molecule has 1 fully saturated rings.